The molecule has 5 nitrogen and oxygen atoms in total. The van der Waals surface area contributed by atoms with E-state index in [1.807, 2.05) is 0 Å². The fourth-order valence-electron chi connectivity index (χ4n) is 1.09. The second-order valence-corrected chi connectivity index (χ2v) is 3.13. The van der Waals surface area contributed by atoms with Crippen molar-refractivity contribution in [1.82, 2.24) is 5.32 Å². The van der Waals surface area contributed by atoms with Crippen LogP contribution >= 0.6 is 0 Å². The van der Waals surface area contributed by atoms with E-state index < -0.39 is 0 Å². The summed E-state index contributed by atoms with van der Waals surface area (Å²) in [5.74, 6) is -0.467. The van der Waals surface area contributed by atoms with Crippen LogP contribution in [0.1, 0.15) is 23.9 Å². The minimum atomic E-state index is -0.359. The Bertz CT molecular complexity index is 331. The van der Waals surface area contributed by atoms with Crippen molar-refractivity contribution < 1.29 is 18.7 Å². The van der Waals surface area contributed by atoms with Crippen molar-refractivity contribution in [2.75, 3.05) is 7.11 Å². The van der Waals surface area contributed by atoms with Gasteiger partial charge in [0, 0.05) is 6.04 Å². The highest BCUT2D eigenvalue weighted by Crippen LogP contribution is 2.01. The van der Waals surface area contributed by atoms with E-state index in [0.717, 1.165) is 0 Å². The van der Waals surface area contributed by atoms with Crippen molar-refractivity contribution >= 4 is 11.9 Å². The third kappa shape index (κ3) is 3.46. The summed E-state index contributed by atoms with van der Waals surface area (Å²) in [6.45, 7) is 1.72. The monoisotopic (exact) mass is 211 g/mol. The number of amides is 1. The Labute approximate surface area is 87.4 Å². The van der Waals surface area contributed by atoms with Crippen molar-refractivity contribution in [3.63, 3.8) is 0 Å². The molecule has 0 fully saturated rings. The van der Waals surface area contributed by atoms with Crippen LogP contribution in [0.5, 0.6) is 0 Å². The summed E-state index contributed by atoms with van der Waals surface area (Å²) < 4.78 is 9.38. The first kappa shape index (κ1) is 11.3. The minimum absolute atomic E-state index is 0.142. The molecule has 0 radical (unpaired) electrons. The first-order chi connectivity index (χ1) is 7.13. The minimum Gasteiger partial charge on any atom is -0.469 e. The quantitative estimate of drug-likeness (QED) is 0.753. The Hall–Kier alpha value is -1.78. The molecule has 5 heteroatoms. The summed E-state index contributed by atoms with van der Waals surface area (Å²) in [5, 5.41) is 2.61. The van der Waals surface area contributed by atoms with Gasteiger partial charge in [0.1, 0.15) is 0 Å². The van der Waals surface area contributed by atoms with Crippen LogP contribution in [0.4, 0.5) is 0 Å². The van der Waals surface area contributed by atoms with Gasteiger partial charge >= 0.3 is 5.97 Å². The summed E-state index contributed by atoms with van der Waals surface area (Å²) in [6, 6.07) is 2.90. The van der Waals surface area contributed by atoms with Gasteiger partial charge in [-0.2, -0.15) is 0 Å². The van der Waals surface area contributed by atoms with E-state index in [1.54, 1.807) is 19.1 Å². The maximum Gasteiger partial charge on any atom is 0.307 e. The van der Waals surface area contributed by atoms with Gasteiger partial charge < -0.3 is 14.5 Å². The molecular weight excluding hydrogens is 198 g/mol. The van der Waals surface area contributed by atoms with Gasteiger partial charge in [-0.05, 0) is 19.1 Å². The molecule has 82 valence electrons. The number of ether oxygens (including phenoxy) is 1. The summed E-state index contributed by atoms with van der Waals surface area (Å²) in [5.41, 5.74) is 0. The van der Waals surface area contributed by atoms with E-state index in [9.17, 15) is 9.59 Å². The number of methoxy groups -OCH3 is 1. The van der Waals surface area contributed by atoms with Crippen molar-refractivity contribution in [3.05, 3.63) is 24.2 Å². The van der Waals surface area contributed by atoms with Crippen molar-refractivity contribution in [3.8, 4) is 0 Å². The zero-order valence-electron chi connectivity index (χ0n) is 8.65. The Balaban J connectivity index is 2.42. The van der Waals surface area contributed by atoms with Crippen LogP contribution in [0.3, 0.4) is 0 Å². The molecular formula is C10H13NO4. The van der Waals surface area contributed by atoms with E-state index >= 15 is 0 Å². The Morgan fingerprint density at radius 1 is 1.60 bits per heavy atom. The average Bonchev–Trinajstić information content (AvgIpc) is 2.70. The molecule has 1 aromatic heterocycles. The number of rotatable bonds is 4. The van der Waals surface area contributed by atoms with Gasteiger partial charge in [-0.15, -0.1) is 0 Å². The second kappa shape index (κ2) is 5.19. The number of nitrogens with one attached hydrogen (secondary N) is 1. The lowest BCUT2D eigenvalue weighted by atomic mass is 10.2. The molecule has 0 aliphatic carbocycles. The maximum atomic E-state index is 11.4. The van der Waals surface area contributed by atoms with Gasteiger partial charge in [-0.1, -0.05) is 0 Å². The van der Waals surface area contributed by atoms with Gasteiger partial charge in [0.25, 0.3) is 5.91 Å². The van der Waals surface area contributed by atoms with Gasteiger partial charge in [-0.25, -0.2) is 0 Å². The number of hydrogen-bond acceptors (Lipinski definition) is 4. The lowest BCUT2D eigenvalue weighted by Gasteiger charge is -2.10. The predicted molar refractivity (Wildman–Crippen MR) is 52.3 cm³/mol. The van der Waals surface area contributed by atoms with E-state index in [1.165, 1.54) is 13.4 Å². The van der Waals surface area contributed by atoms with E-state index in [2.05, 4.69) is 10.1 Å². The Morgan fingerprint density at radius 2 is 2.33 bits per heavy atom. The molecule has 1 rings (SSSR count). The topological polar surface area (TPSA) is 68.5 Å². The lowest BCUT2D eigenvalue weighted by Crippen LogP contribution is -2.34. The molecule has 1 heterocycles. The van der Waals surface area contributed by atoms with Gasteiger partial charge in [0.15, 0.2) is 5.76 Å². The number of carbonyl (C=O) groups is 2. The molecule has 0 saturated heterocycles. The number of hydrogen-bond donors (Lipinski definition) is 1. The highest BCUT2D eigenvalue weighted by molar-refractivity contribution is 5.91. The fourth-order valence-corrected chi connectivity index (χ4v) is 1.09. The zero-order chi connectivity index (χ0) is 11.3. The van der Waals surface area contributed by atoms with E-state index in [-0.39, 0.29) is 30.1 Å². The number of esters is 1. The van der Waals surface area contributed by atoms with E-state index in [0.29, 0.717) is 0 Å². The molecule has 1 amide bonds. The highest BCUT2D eigenvalue weighted by Gasteiger charge is 2.14. The van der Waals surface area contributed by atoms with Crippen LogP contribution in [-0.4, -0.2) is 25.0 Å². The normalized spacial score (nSPS) is 11.9. The van der Waals surface area contributed by atoms with Gasteiger partial charge in [-0.3, -0.25) is 9.59 Å². The summed E-state index contributed by atoms with van der Waals surface area (Å²) in [6.07, 6.45) is 1.56. The molecule has 0 bridgehead atoms. The molecule has 0 spiro atoms. The maximum absolute atomic E-state index is 11.4. The molecule has 1 atom stereocenters. The first-order valence-corrected chi connectivity index (χ1v) is 4.54. The number of carbonyl (C=O) groups excluding carboxylic acids is 2. The zero-order valence-corrected chi connectivity index (χ0v) is 8.65. The SMILES string of the molecule is COC(=O)CC(C)NC(=O)c1ccco1. The summed E-state index contributed by atoms with van der Waals surface area (Å²) >= 11 is 0. The molecule has 0 saturated carbocycles. The Kier molecular flexibility index (Phi) is 3.91. The second-order valence-electron chi connectivity index (χ2n) is 3.13. The van der Waals surface area contributed by atoms with Gasteiger partial charge in [0.05, 0.1) is 19.8 Å². The van der Waals surface area contributed by atoms with Crippen molar-refractivity contribution in [2.45, 2.75) is 19.4 Å². The first-order valence-electron chi connectivity index (χ1n) is 4.54. The largest absolute Gasteiger partial charge is 0.469 e. The van der Waals surface area contributed by atoms with Crippen LogP contribution in [0.2, 0.25) is 0 Å². The predicted octanol–water partition coefficient (Wildman–Crippen LogP) is 0.961. The standard InChI is InChI=1S/C10H13NO4/c1-7(6-9(12)14-2)11-10(13)8-4-3-5-15-8/h3-5,7H,6H2,1-2H3,(H,11,13). The van der Waals surface area contributed by atoms with Gasteiger partial charge in [0.2, 0.25) is 0 Å². The Morgan fingerprint density at radius 3 is 2.87 bits per heavy atom. The number of furan rings is 1. The lowest BCUT2D eigenvalue weighted by molar-refractivity contribution is -0.141. The van der Waals surface area contributed by atoms with Crippen molar-refractivity contribution in [2.24, 2.45) is 0 Å². The fraction of sp³-hybridized carbons (Fsp3) is 0.400. The van der Waals surface area contributed by atoms with Crippen LogP contribution in [0.15, 0.2) is 22.8 Å². The van der Waals surface area contributed by atoms with Crippen molar-refractivity contribution in [1.29, 1.82) is 0 Å². The molecule has 1 N–H and O–H groups in total. The smallest absolute Gasteiger partial charge is 0.307 e. The van der Waals surface area contributed by atoms with Crippen LogP contribution in [-0.2, 0) is 9.53 Å². The molecule has 0 aliphatic rings. The molecule has 1 unspecified atom stereocenters. The van der Waals surface area contributed by atoms with E-state index in [4.69, 9.17) is 4.42 Å². The molecule has 1 aromatic rings. The molecule has 0 aliphatic heterocycles. The third-order valence-corrected chi connectivity index (χ3v) is 1.82. The van der Waals surface area contributed by atoms with Crippen LogP contribution < -0.4 is 5.32 Å². The van der Waals surface area contributed by atoms with Crippen LogP contribution in [0, 0.1) is 0 Å². The summed E-state index contributed by atoms with van der Waals surface area (Å²) in [7, 11) is 1.31. The average molecular weight is 211 g/mol. The molecule has 15 heavy (non-hydrogen) atoms. The third-order valence-electron chi connectivity index (χ3n) is 1.82. The van der Waals surface area contributed by atoms with Crippen LogP contribution in [0.25, 0.3) is 0 Å². The highest BCUT2D eigenvalue weighted by atomic mass is 16.5. The summed E-state index contributed by atoms with van der Waals surface area (Å²) in [4.78, 5) is 22.3. The molecule has 0 aromatic carbocycles.